The zero-order valence-corrected chi connectivity index (χ0v) is 32.7. The Kier molecular flexibility index (Phi) is 25.0. The van der Waals surface area contributed by atoms with E-state index in [1.54, 1.807) is 18.3 Å². The molecule has 0 aliphatic rings. The zero-order valence-electron chi connectivity index (χ0n) is 32.7. The molecule has 0 aliphatic carbocycles. The molecule has 314 valence electrons. The van der Waals surface area contributed by atoms with Crippen LogP contribution >= 0.6 is 0 Å². The molecule has 0 spiro atoms. The molecular weight excluding hydrogens is 722 g/mol. The molecule has 6 amide bonds. The maximum absolute atomic E-state index is 12.7. The van der Waals surface area contributed by atoms with Gasteiger partial charge in [-0.2, -0.15) is 0 Å². The van der Waals surface area contributed by atoms with Crippen LogP contribution in [0.2, 0.25) is 0 Å². The van der Waals surface area contributed by atoms with Crippen molar-refractivity contribution in [2.75, 3.05) is 72.0 Å². The van der Waals surface area contributed by atoms with Crippen LogP contribution in [0, 0.1) is 0 Å². The number of aromatic amines is 1. The number of nitrogens with one attached hydrogen (secondary N) is 9. The number of hydrogen-bond donors (Lipinski definition) is 12. The van der Waals surface area contributed by atoms with Gasteiger partial charge in [-0.05, 0) is 88.8 Å². The fourth-order valence-corrected chi connectivity index (χ4v) is 5.72. The molecule has 0 saturated heterocycles. The Hall–Kier alpha value is -4.78. The van der Waals surface area contributed by atoms with E-state index in [4.69, 9.17) is 11.5 Å². The first-order valence-corrected chi connectivity index (χ1v) is 19.9. The van der Waals surface area contributed by atoms with Crippen LogP contribution in [0.3, 0.4) is 0 Å². The third kappa shape index (κ3) is 21.9. The Labute approximate surface area is 329 Å². The smallest absolute Gasteiger partial charge is 0.243 e. The molecule has 0 unspecified atom stereocenters. The van der Waals surface area contributed by atoms with Crippen LogP contribution in [0.5, 0.6) is 5.75 Å². The number of aromatic nitrogens is 1. The lowest BCUT2D eigenvalue weighted by atomic mass is 10.1. The number of nitrogens with two attached hydrogens (primary N) is 2. The van der Waals surface area contributed by atoms with Crippen LogP contribution in [0.4, 0.5) is 0 Å². The van der Waals surface area contributed by atoms with Gasteiger partial charge in [-0.15, -0.1) is 0 Å². The number of amides is 6. The number of fused-ring (bicyclic) bond motifs is 1. The molecule has 1 atom stereocenters. The Morgan fingerprint density at radius 1 is 0.625 bits per heavy atom. The summed E-state index contributed by atoms with van der Waals surface area (Å²) in [7, 11) is 0. The molecule has 2 rings (SSSR count). The number of aromatic hydroxyl groups is 1. The molecule has 0 saturated carbocycles. The highest BCUT2D eigenvalue weighted by atomic mass is 16.3. The van der Waals surface area contributed by atoms with Crippen LogP contribution in [0.25, 0.3) is 10.9 Å². The van der Waals surface area contributed by atoms with Crippen LogP contribution in [0.15, 0.2) is 24.4 Å². The summed E-state index contributed by atoms with van der Waals surface area (Å²) in [4.78, 5) is 76.0. The second-order valence-corrected chi connectivity index (χ2v) is 13.6. The topological polar surface area (TPSA) is 287 Å². The minimum absolute atomic E-state index is 0.0244. The molecule has 14 N–H and O–H groups in total. The minimum atomic E-state index is -1.13. The quantitative estimate of drug-likeness (QED) is 0.0385. The Morgan fingerprint density at radius 3 is 1.70 bits per heavy atom. The lowest BCUT2D eigenvalue weighted by Crippen LogP contribution is -2.49. The van der Waals surface area contributed by atoms with E-state index in [-0.39, 0.29) is 36.3 Å². The summed E-state index contributed by atoms with van der Waals surface area (Å²) in [5, 5.41) is 34.3. The Bertz CT molecular complexity index is 1490. The predicted octanol–water partition coefficient (Wildman–Crippen LogP) is -1.13. The highest BCUT2D eigenvalue weighted by Gasteiger charge is 2.23. The van der Waals surface area contributed by atoms with Crippen LogP contribution < -0.4 is 54.0 Å². The third-order valence-corrected chi connectivity index (χ3v) is 8.75. The highest BCUT2D eigenvalue weighted by molar-refractivity contribution is 5.95. The lowest BCUT2D eigenvalue weighted by molar-refractivity contribution is -0.131. The maximum atomic E-state index is 12.7. The molecular formula is C38H65N11O7. The van der Waals surface area contributed by atoms with E-state index in [1.165, 1.54) is 6.07 Å². The molecule has 18 nitrogen and oxygen atoms in total. The molecule has 1 aromatic carbocycles. The monoisotopic (exact) mass is 788 g/mol. The number of carbonyl (C=O) groups is 6. The van der Waals surface area contributed by atoms with Gasteiger partial charge in [0.15, 0.2) is 0 Å². The molecule has 0 fully saturated rings. The van der Waals surface area contributed by atoms with Crippen LogP contribution in [-0.4, -0.2) is 124 Å². The van der Waals surface area contributed by atoms with E-state index in [0.29, 0.717) is 101 Å². The fourth-order valence-electron chi connectivity index (χ4n) is 5.72. The number of H-pyrrole nitrogens is 1. The number of carbonyl (C=O) groups excluding carboxylic acids is 6. The van der Waals surface area contributed by atoms with E-state index in [0.717, 1.165) is 51.6 Å². The number of primary amides is 1. The molecule has 56 heavy (non-hydrogen) atoms. The molecule has 0 radical (unpaired) electrons. The second-order valence-electron chi connectivity index (χ2n) is 13.6. The van der Waals surface area contributed by atoms with Gasteiger partial charge >= 0.3 is 0 Å². The summed E-state index contributed by atoms with van der Waals surface area (Å²) in [5.74, 6) is -1.77. The number of benzene rings is 1. The molecule has 0 aliphatic heterocycles. The molecule has 18 heteroatoms. The fraction of sp³-hybridized carbons (Fsp3) is 0.632. The zero-order chi connectivity index (χ0) is 40.8. The first kappa shape index (κ1) is 47.4. The first-order chi connectivity index (χ1) is 27.1. The van der Waals surface area contributed by atoms with E-state index < -0.39 is 23.8 Å². The molecule has 0 bridgehead atoms. The van der Waals surface area contributed by atoms with Crippen molar-refractivity contribution in [1.82, 2.24) is 47.5 Å². The normalized spacial score (nSPS) is 11.5. The SMILES string of the molecule is NCCCCNCCC(=O)NCCCNCCC(=O)NCCCNCCC(=O)NCCCCCNC(=O)[C@H](CC(N)=O)NC(=O)Cc1c[nH]c2cccc(O)c12. The summed E-state index contributed by atoms with van der Waals surface area (Å²) in [5.41, 5.74) is 12.0. The number of phenols is 1. The summed E-state index contributed by atoms with van der Waals surface area (Å²) in [6.07, 6.45) is 7.95. The number of unbranched alkanes of at least 4 members (excludes halogenated alkanes) is 3. The van der Waals surface area contributed by atoms with Crippen molar-refractivity contribution in [1.29, 1.82) is 0 Å². The van der Waals surface area contributed by atoms with Crippen LogP contribution in [-0.2, 0) is 35.2 Å². The second kappa shape index (κ2) is 29.5. The van der Waals surface area contributed by atoms with E-state index in [2.05, 4.69) is 47.5 Å². The average Bonchev–Trinajstić information content (AvgIpc) is 3.57. The van der Waals surface area contributed by atoms with Crippen molar-refractivity contribution < 1.29 is 33.9 Å². The minimum Gasteiger partial charge on any atom is -0.507 e. The van der Waals surface area contributed by atoms with Crippen LogP contribution in [0.1, 0.15) is 76.2 Å². The van der Waals surface area contributed by atoms with Gasteiger partial charge in [-0.1, -0.05) is 6.07 Å². The van der Waals surface area contributed by atoms with E-state index >= 15 is 0 Å². The largest absolute Gasteiger partial charge is 0.507 e. The number of phenolic OH excluding ortho intramolecular Hbond substituents is 1. The summed E-state index contributed by atoms with van der Waals surface area (Å²) < 4.78 is 0. The lowest BCUT2D eigenvalue weighted by Gasteiger charge is -2.17. The van der Waals surface area contributed by atoms with Crippen molar-refractivity contribution in [3.63, 3.8) is 0 Å². The van der Waals surface area contributed by atoms with Gasteiger partial charge in [-0.25, -0.2) is 0 Å². The predicted molar refractivity (Wildman–Crippen MR) is 215 cm³/mol. The van der Waals surface area contributed by atoms with Gasteiger partial charge in [0.25, 0.3) is 0 Å². The maximum Gasteiger partial charge on any atom is 0.243 e. The van der Waals surface area contributed by atoms with Crippen molar-refractivity contribution in [3.05, 3.63) is 30.0 Å². The van der Waals surface area contributed by atoms with E-state index in [1.807, 2.05) is 0 Å². The first-order valence-electron chi connectivity index (χ1n) is 19.9. The molecule has 1 heterocycles. The Morgan fingerprint density at radius 2 is 1.14 bits per heavy atom. The molecule has 2 aromatic rings. The number of hydrogen-bond acceptors (Lipinski definition) is 11. The number of rotatable bonds is 33. The highest BCUT2D eigenvalue weighted by Crippen LogP contribution is 2.27. The van der Waals surface area contributed by atoms with Gasteiger partial charge in [0, 0.05) is 82.2 Å². The average molecular weight is 788 g/mol. The summed E-state index contributed by atoms with van der Waals surface area (Å²) >= 11 is 0. The van der Waals surface area contributed by atoms with Gasteiger partial charge < -0.3 is 64.1 Å². The van der Waals surface area contributed by atoms with Crippen molar-refractivity contribution >= 4 is 46.3 Å². The molecule has 1 aromatic heterocycles. The summed E-state index contributed by atoms with van der Waals surface area (Å²) in [6, 6.07) is 3.84. The standard InChI is InChI=1S/C38H65N11O7/c39-14-2-5-15-41-22-11-34(53)45-20-8-17-43-24-13-35(54)46-21-7-16-42-23-12-33(52)44-18-3-1-4-19-47-38(56)30(26-32(40)51)49-36(55)25-28-27-48-29-9-6-10-31(50)37(28)29/h6,9-10,27,30,41-43,48,50H,1-5,7-8,11-26,39H2,(H2,40,51)(H,44,52)(H,45,53)(H,46,54)(H,47,56)(H,49,55)/t30-/m0/s1. The third-order valence-electron chi connectivity index (χ3n) is 8.75. The van der Waals surface area contributed by atoms with Crippen molar-refractivity contribution in [2.24, 2.45) is 11.5 Å². The van der Waals surface area contributed by atoms with Gasteiger partial charge in [0.1, 0.15) is 11.8 Å². The Balaban J connectivity index is 1.40. The summed E-state index contributed by atoms with van der Waals surface area (Å²) in [6.45, 7) is 6.68. The van der Waals surface area contributed by atoms with Gasteiger partial charge in [0.05, 0.1) is 12.8 Å². The van der Waals surface area contributed by atoms with Crippen molar-refractivity contribution in [3.8, 4) is 5.75 Å². The van der Waals surface area contributed by atoms with Gasteiger partial charge in [0.2, 0.25) is 35.4 Å². The van der Waals surface area contributed by atoms with Crippen molar-refractivity contribution in [2.45, 2.75) is 83.1 Å². The van der Waals surface area contributed by atoms with Gasteiger partial charge in [-0.3, -0.25) is 28.8 Å². The van der Waals surface area contributed by atoms with E-state index in [9.17, 15) is 33.9 Å².